The van der Waals surface area contributed by atoms with E-state index in [9.17, 15) is 8.78 Å². The standard InChI is InChI=1S/C18H20F2N2S/c1-4-16(13-6-5-11(2)12(3)9-13)21-18(23)22-17-8-7-14(19)10-15(17)20/h5-10,16H,4H2,1-3H3,(H2,21,22,23). The van der Waals surface area contributed by atoms with Gasteiger partial charge >= 0.3 is 0 Å². The van der Waals surface area contributed by atoms with Gasteiger partial charge in [0.15, 0.2) is 5.11 Å². The van der Waals surface area contributed by atoms with E-state index in [0.29, 0.717) is 5.11 Å². The van der Waals surface area contributed by atoms with Gasteiger partial charge in [-0.15, -0.1) is 0 Å². The Kier molecular flexibility index (Phi) is 5.66. The van der Waals surface area contributed by atoms with Gasteiger partial charge in [-0.25, -0.2) is 8.78 Å². The average Bonchev–Trinajstić information content (AvgIpc) is 2.50. The number of hydrogen-bond donors (Lipinski definition) is 2. The predicted octanol–water partition coefficient (Wildman–Crippen LogP) is 5.02. The van der Waals surface area contributed by atoms with E-state index in [4.69, 9.17) is 12.2 Å². The zero-order chi connectivity index (χ0) is 17.0. The molecular weight excluding hydrogens is 314 g/mol. The largest absolute Gasteiger partial charge is 0.356 e. The molecule has 0 fully saturated rings. The van der Waals surface area contributed by atoms with Crippen molar-refractivity contribution in [3.8, 4) is 0 Å². The first kappa shape index (κ1) is 17.3. The van der Waals surface area contributed by atoms with Crippen LogP contribution < -0.4 is 10.6 Å². The Morgan fingerprint density at radius 3 is 2.43 bits per heavy atom. The molecule has 2 rings (SSSR count). The Morgan fingerprint density at radius 1 is 1.09 bits per heavy atom. The second kappa shape index (κ2) is 7.51. The molecule has 0 aliphatic heterocycles. The Morgan fingerprint density at radius 2 is 1.83 bits per heavy atom. The van der Waals surface area contributed by atoms with Crippen molar-refractivity contribution in [2.45, 2.75) is 33.2 Å². The third-order valence-corrected chi connectivity index (χ3v) is 4.05. The Balaban J connectivity index is 2.08. The summed E-state index contributed by atoms with van der Waals surface area (Å²) in [4.78, 5) is 0. The van der Waals surface area contributed by atoms with E-state index < -0.39 is 11.6 Å². The van der Waals surface area contributed by atoms with Gasteiger partial charge < -0.3 is 10.6 Å². The summed E-state index contributed by atoms with van der Waals surface area (Å²) in [5, 5.41) is 6.26. The molecule has 0 heterocycles. The third-order valence-electron chi connectivity index (χ3n) is 3.83. The number of anilines is 1. The average molecular weight is 334 g/mol. The van der Waals surface area contributed by atoms with Crippen LogP contribution in [0, 0.1) is 25.5 Å². The van der Waals surface area contributed by atoms with Crippen molar-refractivity contribution in [3.05, 3.63) is 64.7 Å². The molecule has 0 aliphatic carbocycles. The van der Waals surface area contributed by atoms with Crippen LogP contribution >= 0.6 is 12.2 Å². The lowest BCUT2D eigenvalue weighted by Gasteiger charge is -2.21. The highest BCUT2D eigenvalue weighted by Crippen LogP contribution is 2.21. The van der Waals surface area contributed by atoms with Crippen LogP contribution in [0.2, 0.25) is 0 Å². The lowest BCUT2D eigenvalue weighted by atomic mass is 9.99. The second-order valence-electron chi connectivity index (χ2n) is 5.53. The SMILES string of the molecule is CCC(NC(=S)Nc1ccc(F)cc1F)c1ccc(C)c(C)c1. The minimum Gasteiger partial charge on any atom is -0.356 e. The van der Waals surface area contributed by atoms with E-state index in [1.165, 1.54) is 23.3 Å². The van der Waals surface area contributed by atoms with Crippen molar-refractivity contribution < 1.29 is 8.78 Å². The van der Waals surface area contributed by atoms with Crippen LogP contribution in [0.5, 0.6) is 0 Å². The monoisotopic (exact) mass is 334 g/mol. The van der Waals surface area contributed by atoms with Crippen molar-refractivity contribution in [3.63, 3.8) is 0 Å². The maximum absolute atomic E-state index is 13.7. The van der Waals surface area contributed by atoms with Gasteiger partial charge in [-0.3, -0.25) is 0 Å². The Labute approximate surface area is 140 Å². The fraction of sp³-hybridized carbons (Fsp3) is 0.278. The smallest absolute Gasteiger partial charge is 0.171 e. The molecule has 0 aromatic heterocycles. The van der Waals surface area contributed by atoms with Gasteiger partial charge in [0.25, 0.3) is 0 Å². The molecule has 2 aromatic carbocycles. The summed E-state index contributed by atoms with van der Waals surface area (Å²) >= 11 is 5.25. The summed E-state index contributed by atoms with van der Waals surface area (Å²) < 4.78 is 26.6. The van der Waals surface area contributed by atoms with Crippen LogP contribution in [0.3, 0.4) is 0 Å². The molecule has 0 aliphatic rings. The Hall–Kier alpha value is -2.01. The minimum atomic E-state index is -0.673. The summed E-state index contributed by atoms with van der Waals surface area (Å²) in [6.45, 7) is 6.18. The summed E-state index contributed by atoms with van der Waals surface area (Å²) in [5.41, 5.74) is 3.72. The highest BCUT2D eigenvalue weighted by atomic mass is 32.1. The molecule has 2 N–H and O–H groups in total. The fourth-order valence-electron chi connectivity index (χ4n) is 2.31. The van der Waals surface area contributed by atoms with Crippen molar-refractivity contribution in [1.82, 2.24) is 5.32 Å². The van der Waals surface area contributed by atoms with Crippen LogP contribution in [0.25, 0.3) is 0 Å². The molecule has 2 nitrogen and oxygen atoms in total. The quantitative estimate of drug-likeness (QED) is 0.768. The molecule has 0 saturated carbocycles. The minimum absolute atomic E-state index is 0.0257. The van der Waals surface area contributed by atoms with E-state index in [2.05, 4.69) is 42.7 Å². The van der Waals surface area contributed by atoms with Gasteiger partial charge in [0.05, 0.1) is 11.7 Å². The predicted molar refractivity (Wildman–Crippen MR) is 94.7 cm³/mol. The van der Waals surface area contributed by atoms with Gasteiger partial charge in [-0.1, -0.05) is 25.1 Å². The van der Waals surface area contributed by atoms with Crippen molar-refractivity contribution >= 4 is 23.0 Å². The number of benzene rings is 2. The fourth-order valence-corrected chi connectivity index (χ4v) is 2.56. The third kappa shape index (κ3) is 4.48. The number of aryl methyl sites for hydroxylation is 2. The molecule has 23 heavy (non-hydrogen) atoms. The summed E-state index contributed by atoms with van der Waals surface area (Å²) in [5.74, 6) is -1.29. The summed E-state index contributed by atoms with van der Waals surface area (Å²) in [6.07, 6.45) is 0.830. The number of hydrogen-bond acceptors (Lipinski definition) is 1. The molecule has 2 aromatic rings. The molecule has 0 bridgehead atoms. The van der Waals surface area contributed by atoms with Crippen LogP contribution in [0.15, 0.2) is 36.4 Å². The first-order valence-corrected chi connectivity index (χ1v) is 7.91. The lowest BCUT2D eigenvalue weighted by Crippen LogP contribution is -2.32. The van der Waals surface area contributed by atoms with Gasteiger partial charge in [0, 0.05) is 6.07 Å². The number of rotatable bonds is 4. The second-order valence-corrected chi connectivity index (χ2v) is 5.94. The van der Waals surface area contributed by atoms with E-state index >= 15 is 0 Å². The zero-order valence-electron chi connectivity index (χ0n) is 13.4. The molecule has 0 amide bonds. The van der Waals surface area contributed by atoms with Gasteiger partial charge in [-0.05, 0) is 61.3 Å². The lowest BCUT2D eigenvalue weighted by molar-refractivity contribution is 0.585. The Bertz CT molecular complexity index is 716. The molecule has 0 spiro atoms. The molecule has 122 valence electrons. The normalized spacial score (nSPS) is 11.9. The van der Waals surface area contributed by atoms with E-state index in [1.54, 1.807) is 0 Å². The number of thiocarbonyl (C=S) groups is 1. The molecule has 1 atom stereocenters. The van der Waals surface area contributed by atoms with E-state index in [0.717, 1.165) is 18.1 Å². The van der Waals surface area contributed by atoms with Crippen LogP contribution in [-0.2, 0) is 0 Å². The molecule has 0 radical (unpaired) electrons. The van der Waals surface area contributed by atoms with Crippen molar-refractivity contribution in [2.24, 2.45) is 0 Å². The van der Waals surface area contributed by atoms with Gasteiger partial charge in [0.1, 0.15) is 11.6 Å². The molecule has 0 saturated heterocycles. The maximum Gasteiger partial charge on any atom is 0.171 e. The van der Waals surface area contributed by atoms with E-state index in [1.807, 2.05) is 6.92 Å². The van der Waals surface area contributed by atoms with Crippen LogP contribution in [0.4, 0.5) is 14.5 Å². The highest BCUT2D eigenvalue weighted by Gasteiger charge is 2.12. The summed E-state index contributed by atoms with van der Waals surface area (Å²) in [7, 11) is 0. The summed E-state index contributed by atoms with van der Waals surface area (Å²) in [6, 6.07) is 9.63. The van der Waals surface area contributed by atoms with Gasteiger partial charge in [-0.2, -0.15) is 0 Å². The topological polar surface area (TPSA) is 24.1 Å². The van der Waals surface area contributed by atoms with Gasteiger partial charge in [0.2, 0.25) is 0 Å². The zero-order valence-corrected chi connectivity index (χ0v) is 14.2. The molecular formula is C18H20F2N2S. The van der Waals surface area contributed by atoms with Crippen molar-refractivity contribution in [2.75, 3.05) is 5.32 Å². The highest BCUT2D eigenvalue weighted by molar-refractivity contribution is 7.80. The van der Waals surface area contributed by atoms with Crippen LogP contribution in [0.1, 0.15) is 36.1 Å². The maximum atomic E-state index is 13.7. The number of halogens is 2. The first-order valence-electron chi connectivity index (χ1n) is 7.50. The molecule has 1 unspecified atom stereocenters. The van der Waals surface area contributed by atoms with E-state index in [-0.39, 0.29) is 11.7 Å². The number of nitrogens with one attached hydrogen (secondary N) is 2. The first-order chi connectivity index (χ1) is 10.9. The molecule has 5 heteroatoms. The van der Waals surface area contributed by atoms with Crippen molar-refractivity contribution in [1.29, 1.82) is 0 Å². The van der Waals surface area contributed by atoms with Crippen LogP contribution in [-0.4, -0.2) is 5.11 Å².